The van der Waals surface area contributed by atoms with Gasteiger partial charge in [0.15, 0.2) is 0 Å². The van der Waals surface area contributed by atoms with Crippen molar-refractivity contribution in [2.75, 3.05) is 37.6 Å². The lowest BCUT2D eigenvalue weighted by Gasteiger charge is -2.35. The second kappa shape index (κ2) is 7.72. The predicted molar refractivity (Wildman–Crippen MR) is 105 cm³/mol. The zero-order valence-corrected chi connectivity index (χ0v) is 15.7. The molecule has 3 heterocycles. The second-order valence-electron chi connectivity index (χ2n) is 6.46. The van der Waals surface area contributed by atoms with E-state index in [1.54, 1.807) is 17.7 Å². The van der Waals surface area contributed by atoms with Gasteiger partial charge in [0.25, 0.3) is 0 Å². The van der Waals surface area contributed by atoms with Crippen molar-refractivity contribution >= 4 is 39.0 Å². The fraction of sp³-hybridized carbons (Fsp3) is 0.444. The van der Waals surface area contributed by atoms with Crippen molar-refractivity contribution in [2.24, 2.45) is 0 Å². The number of aryl methyl sites for hydroxylation is 1. The summed E-state index contributed by atoms with van der Waals surface area (Å²) in [4.78, 5) is 4.99. The summed E-state index contributed by atoms with van der Waals surface area (Å²) < 4.78 is 7.88. The molecule has 0 radical (unpaired) electrons. The lowest BCUT2D eigenvalue weighted by atomic mass is 10.2. The fourth-order valence-electron chi connectivity index (χ4n) is 3.35. The van der Waals surface area contributed by atoms with E-state index >= 15 is 0 Å². The number of hydrogen-bond acceptors (Lipinski definition) is 5. The first kappa shape index (κ1) is 16.8. The number of anilines is 1. The molecule has 1 saturated heterocycles. The van der Waals surface area contributed by atoms with Crippen LogP contribution in [0.1, 0.15) is 12.8 Å². The highest BCUT2D eigenvalue weighted by atomic mass is 35.5. The van der Waals surface area contributed by atoms with E-state index in [9.17, 15) is 0 Å². The van der Waals surface area contributed by atoms with Gasteiger partial charge >= 0.3 is 0 Å². The van der Waals surface area contributed by atoms with Gasteiger partial charge in [-0.3, -0.25) is 9.58 Å². The number of benzene rings is 1. The summed E-state index contributed by atoms with van der Waals surface area (Å²) in [6.45, 7) is 6.43. The number of fused-ring (bicyclic) bond motifs is 1. The fourth-order valence-corrected chi connectivity index (χ4v) is 4.31. The highest BCUT2D eigenvalue weighted by molar-refractivity contribution is 7.13. The molecule has 1 fully saturated rings. The van der Waals surface area contributed by atoms with Crippen LogP contribution in [0.25, 0.3) is 10.1 Å². The summed E-state index contributed by atoms with van der Waals surface area (Å²) in [5.74, 6) is 1.16. The number of halogens is 1. The van der Waals surface area contributed by atoms with Crippen LogP contribution in [0.2, 0.25) is 5.02 Å². The average Bonchev–Trinajstić information content (AvgIpc) is 3.25. The SMILES string of the molecule is Clc1cnn(CCCCN2CCN(c3nsc4ccccc34)CC2)c1. The Morgan fingerprint density at radius 1 is 1.04 bits per heavy atom. The van der Waals surface area contributed by atoms with E-state index in [2.05, 4.69) is 43.5 Å². The minimum Gasteiger partial charge on any atom is -0.353 e. The number of hydrogen-bond donors (Lipinski definition) is 0. The molecule has 0 amide bonds. The molecular formula is C18H22ClN5S. The Morgan fingerprint density at radius 3 is 2.64 bits per heavy atom. The maximum absolute atomic E-state index is 5.89. The van der Waals surface area contributed by atoms with Crippen LogP contribution in [0, 0.1) is 0 Å². The summed E-state index contributed by atoms with van der Waals surface area (Å²) in [5.41, 5.74) is 0. The zero-order valence-electron chi connectivity index (χ0n) is 14.1. The first-order chi connectivity index (χ1) is 12.3. The molecule has 2 aromatic heterocycles. The van der Waals surface area contributed by atoms with Crippen LogP contribution >= 0.6 is 23.1 Å². The smallest absolute Gasteiger partial charge is 0.150 e. The molecule has 0 saturated carbocycles. The van der Waals surface area contributed by atoms with E-state index in [-0.39, 0.29) is 0 Å². The van der Waals surface area contributed by atoms with Gasteiger partial charge in [-0.25, -0.2) is 0 Å². The monoisotopic (exact) mass is 375 g/mol. The van der Waals surface area contributed by atoms with Crippen molar-refractivity contribution in [2.45, 2.75) is 19.4 Å². The Hall–Kier alpha value is -1.63. The molecule has 1 aromatic carbocycles. The molecule has 4 rings (SSSR count). The van der Waals surface area contributed by atoms with Gasteiger partial charge in [0.1, 0.15) is 5.82 Å². The Morgan fingerprint density at radius 2 is 1.84 bits per heavy atom. The summed E-state index contributed by atoms with van der Waals surface area (Å²) in [7, 11) is 0. The Bertz CT molecular complexity index is 822. The van der Waals surface area contributed by atoms with Gasteiger partial charge in [-0.05, 0) is 43.1 Å². The third-order valence-corrected chi connectivity index (χ3v) is 5.76. The normalized spacial score (nSPS) is 16.0. The van der Waals surface area contributed by atoms with E-state index in [1.165, 1.54) is 16.5 Å². The zero-order chi connectivity index (χ0) is 17.1. The quantitative estimate of drug-likeness (QED) is 0.615. The van der Waals surface area contributed by atoms with Crippen LogP contribution in [-0.2, 0) is 6.54 Å². The number of nitrogens with zero attached hydrogens (tertiary/aromatic N) is 5. The van der Waals surface area contributed by atoms with Crippen LogP contribution < -0.4 is 4.90 Å². The Labute approximate surface area is 157 Å². The maximum atomic E-state index is 5.89. The van der Waals surface area contributed by atoms with Gasteiger partial charge in [-0.2, -0.15) is 9.47 Å². The van der Waals surface area contributed by atoms with Gasteiger partial charge < -0.3 is 4.90 Å². The van der Waals surface area contributed by atoms with E-state index in [1.807, 2.05) is 10.9 Å². The molecule has 3 aromatic rings. The molecule has 5 nitrogen and oxygen atoms in total. The Balaban J connectivity index is 1.23. The van der Waals surface area contributed by atoms with Gasteiger partial charge in [0, 0.05) is 44.3 Å². The highest BCUT2D eigenvalue weighted by Crippen LogP contribution is 2.29. The Kier molecular flexibility index (Phi) is 5.20. The second-order valence-corrected chi connectivity index (χ2v) is 7.70. The van der Waals surface area contributed by atoms with Gasteiger partial charge in [0.2, 0.25) is 0 Å². The molecule has 0 bridgehead atoms. The minimum atomic E-state index is 0.714. The van der Waals surface area contributed by atoms with Gasteiger partial charge in [-0.1, -0.05) is 23.7 Å². The number of piperazine rings is 1. The van der Waals surface area contributed by atoms with Gasteiger partial charge in [-0.15, -0.1) is 0 Å². The number of unbranched alkanes of at least 4 members (excludes halogenated alkanes) is 1. The van der Waals surface area contributed by atoms with Crippen LogP contribution in [-0.4, -0.2) is 51.8 Å². The van der Waals surface area contributed by atoms with Crippen LogP contribution in [0.3, 0.4) is 0 Å². The van der Waals surface area contributed by atoms with Crippen molar-refractivity contribution in [1.29, 1.82) is 0 Å². The van der Waals surface area contributed by atoms with Crippen molar-refractivity contribution in [1.82, 2.24) is 19.1 Å². The molecular weight excluding hydrogens is 354 g/mol. The third-order valence-electron chi connectivity index (χ3n) is 4.74. The molecule has 25 heavy (non-hydrogen) atoms. The highest BCUT2D eigenvalue weighted by Gasteiger charge is 2.20. The summed E-state index contributed by atoms with van der Waals surface area (Å²) in [5, 5.41) is 6.23. The molecule has 0 unspecified atom stereocenters. The van der Waals surface area contributed by atoms with E-state index in [0.717, 1.165) is 51.5 Å². The standard InChI is InChI=1S/C18H22ClN5S/c19-15-13-20-24(14-15)8-4-3-7-22-9-11-23(12-10-22)18-16-5-1-2-6-17(16)25-21-18/h1-2,5-6,13-14H,3-4,7-12H2. The topological polar surface area (TPSA) is 37.2 Å². The van der Waals surface area contributed by atoms with Gasteiger partial charge in [0.05, 0.1) is 15.9 Å². The van der Waals surface area contributed by atoms with Crippen LogP contribution in [0.5, 0.6) is 0 Å². The molecule has 0 aliphatic carbocycles. The van der Waals surface area contributed by atoms with E-state index < -0.39 is 0 Å². The van der Waals surface area contributed by atoms with Crippen LogP contribution in [0.4, 0.5) is 5.82 Å². The summed E-state index contributed by atoms with van der Waals surface area (Å²) in [6.07, 6.45) is 5.91. The molecule has 0 spiro atoms. The predicted octanol–water partition coefficient (Wildman–Crippen LogP) is 3.75. The van der Waals surface area contributed by atoms with Crippen molar-refractivity contribution in [3.05, 3.63) is 41.7 Å². The van der Waals surface area contributed by atoms with E-state index in [4.69, 9.17) is 11.6 Å². The first-order valence-corrected chi connectivity index (χ1v) is 9.94. The lowest BCUT2D eigenvalue weighted by molar-refractivity contribution is 0.250. The van der Waals surface area contributed by atoms with Crippen molar-refractivity contribution < 1.29 is 0 Å². The molecule has 0 N–H and O–H groups in total. The molecule has 0 atom stereocenters. The molecule has 132 valence electrons. The lowest BCUT2D eigenvalue weighted by Crippen LogP contribution is -2.46. The summed E-state index contributed by atoms with van der Waals surface area (Å²) in [6, 6.07) is 8.52. The maximum Gasteiger partial charge on any atom is 0.150 e. The average molecular weight is 376 g/mol. The number of rotatable bonds is 6. The van der Waals surface area contributed by atoms with Crippen LogP contribution in [0.15, 0.2) is 36.7 Å². The minimum absolute atomic E-state index is 0.714. The molecule has 1 aliphatic heterocycles. The largest absolute Gasteiger partial charge is 0.353 e. The third kappa shape index (κ3) is 3.97. The van der Waals surface area contributed by atoms with E-state index in [0.29, 0.717) is 5.02 Å². The van der Waals surface area contributed by atoms with Crippen molar-refractivity contribution in [3.63, 3.8) is 0 Å². The first-order valence-electron chi connectivity index (χ1n) is 8.79. The van der Waals surface area contributed by atoms with Crippen molar-refractivity contribution in [3.8, 4) is 0 Å². The molecule has 1 aliphatic rings. The summed E-state index contributed by atoms with van der Waals surface area (Å²) >= 11 is 7.49. The number of aromatic nitrogens is 3. The molecule has 7 heteroatoms.